The summed E-state index contributed by atoms with van der Waals surface area (Å²) in [5.74, 6) is -0.347. The molecule has 2 amide bonds. The van der Waals surface area contributed by atoms with E-state index in [1.807, 2.05) is 48.5 Å². The number of para-hydroxylation sites is 1. The molecule has 36 heavy (non-hydrogen) atoms. The Balaban J connectivity index is 1.52. The number of rotatable bonds is 8. The Kier molecular flexibility index (Phi) is 7.55. The van der Waals surface area contributed by atoms with Gasteiger partial charge in [-0.25, -0.2) is 4.98 Å². The van der Waals surface area contributed by atoms with Crippen molar-refractivity contribution in [1.29, 1.82) is 0 Å². The highest BCUT2D eigenvalue weighted by Crippen LogP contribution is 2.27. The first-order valence-corrected chi connectivity index (χ1v) is 11.2. The zero-order valence-electron chi connectivity index (χ0n) is 19.9. The fraction of sp³-hybridized carbons (Fsp3) is 0.143. The van der Waals surface area contributed by atoms with Gasteiger partial charge in [0, 0.05) is 16.6 Å². The smallest absolute Gasteiger partial charge is 0.325 e. The first-order valence-electron chi connectivity index (χ1n) is 11.2. The first-order chi connectivity index (χ1) is 17.5. The van der Waals surface area contributed by atoms with Gasteiger partial charge in [0.1, 0.15) is 12.3 Å². The van der Waals surface area contributed by atoms with Crippen molar-refractivity contribution in [2.24, 2.45) is 0 Å². The fourth-order valence-corrected chi connectivity index (χ4v) is 3.67. The second-order valence-corrected chi connectivity index (χ2v) is 7.98. The number of aromatic nitrogens is 1. The van der Waals surface area contributed by atoms with Crippen molar-refractivity contribution >= 4 is 34.4 Å². The number of carbonyl (C=O) groups is 3. The minimum absolute atomic E-state index is 0.103. The van der Waals surface area contributed by atoms with Crippen molar-refractivity contribution in [3.8, 4) is 17.0 Å². The van der Waals surface area contributed by atoms with Crippen LogP contribution in [-0.2, 0) is 20.7 Å². The highest BCUT2D eigenvalue weighted by molar-refractivity contribution is 6.13. The Labute approximate surface area is 208 Å². The normalized spacial score (nSPS) is 10.5. The number of esters is 1. The number of ether oxygens (including phenoxy) is 2. The largest absolute Gasteiger partial charge is 0.497 e. The molecule has 0 atom stereocenters. The monoisotopic (exact) mass is 483 g/mol. The Morgan fingerprint density at radius 1 is 0.889 bits per heavy atom. The van der Waals surface area contributed by atoms with Crippen LogP contribution in [0.5, 0.6) is 5.75 Å². The predicted octanol–water partition coefficient (Wildman–Crippen LogP) is 3.99. The number of anilines is 1. The first kappa shape index (κ1) is 24.4. The molecule has 4 rings (SSSR count). The number of hydrogen-bond donors (Lipinski definition) is 2. The molecule has 0 unspecified atom stereocenters. The van der Waals surface area contributed by atoms with Gasteiger partial charge in [0.25, 0.3) is 5.91 Å². The van der Waals surface area contributed by atoms with Crippen LogP contribution in [0.15, 0.2) is 78.9 Å². The molecule has 182 valence electrons. The van der Waals surface area contributed by atoms with Gasteiger partial charge in [0.05, 0.1) is 37.4 Å². The number of nitrogens with one attached hydrogen (secondary N) is 2. The average Bonchev–Trinajstić information content (AvgIpc) is 2.92. The predicted molar refractivity (Wildman–Crippen MR) is 137 cm³/mol. The lowest BCUT2D eigenvalue weighted by Gasteiger charge is -2.11. The van der Waals surface area contributed by atoms with Gasteiger partial charge in [0.15, 0.2) is 0 Å². The van der Waals surface area contributed by atoms with E-state index in [9.17, 15) is 14.4 Å². The molecule has 0 aliphatic heterocycles. The van der Waals surface area contributed by atoms with Crippen LogP contribution in [0.25, 0.3) is 22.2 Å². The van der Waals surface area contributed by atoms with Crippen LogP contribution < -0.4 is 15.4 Å². The van der Waals surface area contributed by atoms with E-state index in [1.165, 1.54) is 7.11 Å². The molecule has 3 aromatic carbocycles. The SMILES string of the molecule is COC(=O)CNC(=O)Cc1ccc(NC(=O)c2cc(-c3ccc(OC)cc3)nc3ccccc23)cc1. The van der Waals surface area contributed by atoms with Crippen molar-refractivity contribution in [1.82, 2.24) is 10.3 Å². The zero-order chi connectivity index (χ0) is 25.5. The van der Waals surface area contributed by atoms with Crippen molar-refractivity contribution in [3.05, 3.63) is 90.0 Å². The van der Waals surface area contributed by atoms with Gasteiger partial charge in [-0.1, -0.05) is 30.3 Å². The van der Waals surface area contributed by atoms with E-state index in [2.05, 4.69) is 15.4 Å². The number of fused-ring (bicyclic) bond motifs is 1. The van der Waals surface area contributed by atoms with Crippen LogP contribution in [0.4, 0.5) is 5.69 Å². The lowest BCUT2D eigenvalue weighted by atomic mass is 10.0. The van der Waals surface area contributed by atoms with E-state index in [0.29, 0.717) is 22.5 Å². The van der Waals surface area contributed by atoms with E-state index < -0.39 is 5.97 Å². The molecule has 0 radical (unpaired) electrons. The molecule has 0 aliphatic rings. The molecular formula is C28H25N3O5. The van der Waals surface area contributed by atoms with Gasteiger partial charge in [-0.3, -0.25) is 14.4 Å². The van der Waals surface area contributed by atoms with Gasteiger partial charge in [-0.2, -0.15) is 0 Å². The number of methoxy groups -OCH3 is 2. The summed E-state index contributed by atoms with van der Waals surface area (Å²) in [5.41, 5.74) is 4.08. The number of amides is 2. The van der Waals surface area contributed by atoms with Gasteiger partial charge in [-0.05, 0) is 54.1 Å². The van der Waals surface area contributed by atoms with Crippen molar-refractivity contribution in [3.63, 3.8) is 0 Å². The number of pyridine rings is 1. The third kappa shape index (κ3) is 5.85. The summed E-state index contributed by atoms with van der Waals surface area (Å²) in [7, 11) is 2.87. The number of nitrogens with zero attached hydrogens (tertiary/aromatic N) is 1. The topological polar surface area (TPSA) is 107 Å². The highest BCUT2D eigenvalue weighted by atomic mass is 16.5. The molecule has 8 heteroatoms. The Hall–Kier alpha value is -4.72. The summed E-state index contributed by atoms with van der Waals surface area (Å²) in [5, 5.41) is 6.17. The molecule has 0 spiro atoms. The van der Waals surface area contributed by atoms with Crippen molar-refractivity contribution in [2.45, 2.75) is 6.42 Å². The molecular weight excluding hydrogens is 458 g/mol. The van der Waals surface area contributed by atoms with Gasteiger partial charge in [0.2, 0.25) is 5.91 Å². The van der Waals surface area contributed by atoms with Crippen LogP contribution in [-0.4, -0.2) is 43.5 Å². The third-order valence-corrected chi connectivity index (χ3v) is 5.58. The standard InChI is InChI=1S/C28H25N3O5/c1-35-21-13-9-19(10-14-21)25-16-23(22-5-3-4-6-24(22)31-25)28(34)30-20-11-7-18(8-12-20)15-26(32)29-17-27(33)36-2/h3-14,16H,15,17H2,1-2H3,(H,29,32)(H,30,34). The van der Waals surface area contributed by atoms with Gasteiger partial charge in [-0.15, -0.1) is 0 Å². The number of carbonyl (C=O) groups excluding carboxylic acids is 3. The Morgan fingerprint density at radius 3 is 2.31 bits per heavy atom. The number of hydrogen-bond acceptors (Lipinski definition) is 6. The van der Waals surface area contributed by atoms with Crippen LogP contribution >= 0.6 is 0 Å². The lowest BCUT2D eigenvalue weighted by Crippen LogP contribution is -2.31. The molecule has 4 aromatic rings. The van der Waals surface area contributed by atoms with E-state index in [4.69, 9.17) is 9.72 Å². The molecule has 8 nitrogen and oxygen atoms in total. The van der Waals surface area contributed by atoms with E-state index >= 15 is 0 Å². The highest BCUT2D eigenvalue weighted by Gasteiger charge is 2.15. The Bertz CT molecular complexity index is 1400. The van der Waals surface area contributed by atoms with Crippen LogP contribution in [0.1, 0.15) is 15.9 Å². The van der Waals surface area contributed by atoms with Crippen LogP contribution in [0, 0.1) is 0 Å². The minimum Gasteiger partial charge on any atom is -0.497 e. The molecule has 0 saturated heterocycles. The average molecular weight is 484 g/mol. The van der Waals surface area contributed by atoms with E-state index in [1.54, 1.807) is 37.4 Å². The maximum absolute atomic E-state index is 13.3. The van der Waals surface area contributed by atoms with Crippen molar-refractivity contribution in [2.75, 3.05) is 26.1 Å². The van der Waals surface area contributed by atoms with Gasteiger partial charge < -0.3 is 20.1 Å². The summed E-state index contributed by atoms with van der Waals surface area (Å²) in [6, 6.07) is 23.7. The molecule has 0 saturated carbocycles. The third-order valence-electron chi connectivity index (χ3n) is 5.58. The molecule has 0 aliphatic carbocycles. The van der Waals surface area contributed by atoms with Crippen LogP contribution in [0.3, 0.4) is 0 Å². The molecule has 2 N–H and O–H groups in total. The summed E-state index contributed by atoms with van der Waals surface area (Å²) in [6.07, 6.45) is 0.103. The fourth-order valence-electron chi connectivity index (χ4n) is 3.67. The van der Waals surface area contributed by atoms with Gasteiger partial charge >= 0.3 is 5.97 Å². The summed E-state index contributed by atoms with van der Waals surface area (Å²) in [4.78, 5) is 41.2. The quantitative estimate of drug-likeness (QED) is 0.367. The van der Waals surface area contributed by atoms with Crippen LogP contribution in [0.2, 0.25) is 0 Å². The molecule has 0 fully saturated rings. The second kappa shape index (κ2) is 11.1. The maximum Gasteiger partial charge on any atom is 0.325 e. The zero-order valence-corrected chi connectivity index (χ0v) is 19.9. The lowest BCUT2D eigenvalue weighted by molar-refractivity contribution is -0.141. The summed E-state index contributed by atoms with van der Waals surface area (Å²) < 4.78 is 9.74. The van der Waals surface area contributed by atoms with E-state index in [0.717, 1.165) is 22.3 Å². The maximum atomic E-state index is 13.3. The summed E-state index contributed by atoms with van der Waals surface area (Å²) in [6.45, 7) is -0.179. The second-order valence-electron chi connectivity index (χ2n) is 7.98. The molecule has 1 aromatic heterocycles. The van der Waals surface area contributed by atoms with E-state index in [-0.39, 0.29) is 24.8 Å². The van der Waals surface area contributed by atoms with Crippen molar-refractivity contribution < 1.29 is 23.9 Å². The minimum atomic E-state index is -0.514. The molecule has 1 heterocycles. The molecule has 0 bridgehead atoms. The Morgan fingerprint density at radius 2 is 1.61 bits per heavy atom. The summed E-state index contributed by atoms with van der Waals surface area (Å²) >= 11 is 0. The number of benzene rings is 3.